The number of nitrogens with zero attached hydrogens (tertiary/aromatic N) is 2. The zero-order valence-electron chi connectivity index (χ0n) is 19.6. The third kappa shape index (κ3) is 3.40. The van der Waals surface area contributed by atoms with Crippen LogP contribution in [0.1, 0.15) is 42.6 Å². The van der Waals surface area contributed by atoms with Gasteiger partial charge in [-0.25, -0.2) is 4.79 Å². The number of carbonyl (C=O) groups is 2. The number of aromatic amines is 1. The Kier molecular flexibility index (Phi) is 5.10. The molecule has 2 N–H and O–H groups in total. The van der Waals surface area contributed by atoms with E-state index in [9.17, 15) is 14.7 Å². The number of phenols is 1. The zero-order valence-corrected chi connectivity index (χ0v) is 19.6. The number of hydrogen-bond acceptors (Lipinski definition) is 3. The van der Waals surface area contributed by atoms with E-state index in [-0.39, 0.29) is 17.7 Å². The van der Waals surface area contributed by atoms with Gasteiger partial charge in [-0.2, -0.15) is 0 Å². The lowest BCUT2D eigenvalue weighted by molar-refractivity contribution is -0.128. The molecular weight excluding hydrogens is 438 g/mol. The Balaban J connectivity index is 1.53. The van der Waals surface area contributed by atoms with Gasteiger partial charge in [0.15, 0.2) is 0 Å². The first-order chi connectivity index (χ1) is 17.1. The lowest BCUT2D eigenvalue weighted by Crippen LogP contribution is -2.44. The summed E-state index contributed by atoms with van der Waals surface area (Å²) in [6, 6.07) is 22.2. The molecule has 1 fully saturated rings. The molecule has 3 amide bonds. The van der Waals surface area contributed by atoms with Crippen molar-refractivity contribution in [2.45, 2.75) is 38.3 Å². The van der Waals surface area contributed by atoms with Crippen LogP contribution in [0.5, 0.6) is 5.75 Å². The van der Waals surface area contributed by atoms with Crippen LogP contribution in [0.25, 0.3) is 22.0 Å². The second-order valence-electron chi connectivity index (χ2n) is 9.39. The summed E-state index contributed by atoms with van der Waals surface area (Å²) in [6.07, 6.45) is 2.16. The van der Waals surface area contributed by atoms with E-state index in [0.717, 1.165) is 51.7 Å². The number of H-pyrrole nitrogens is 1. The van der Waals surface area contributed by atoms with E-state index >= 15 is 0 Å². The fourth-order valence-electron chi connectivity index (χ4n) is 5.55. The second kappa shape index (κ2) is 8.31. The number of hydrogen-bond donors (Lipinski definition) is 2. The number of nitrogens with one attached hydrogen (secondary N) is 1. The highest BCUT2D eigenvalue weighted by Gasteiger charge is 2.52. The van der Waals surface area contributed by atoms with Crippen LogP contribution < -0.4 is 0 Å². The summed E-state index contributed by atoms with van der Waals surface area (Å²) in [5.74, 6) is 0.00211. The van der Waals surface area contributed by atoms with Gasteiger partial charge in [0.25, 0.3) is 5.91 Å². The number of aromatic hydroxyl groups is 1. The van der Waals surface area contributed by atoms with Crippen molar-refractivity contribution in [3.8, 4) is 16.9 Å². The van der Waals surface area contributed by atoms with Gasteiger partial charge in [-0.1, -0.05) is 61.9 Å². The van der Waals surface area contributed by atoms with Crippen LogP contribution in [0.15, 0.2) is 72.8 Å². The molecule has 0 aliphatic carbocycles. The zero-order chi connectivity index (χ0) is 24.1. The number of fused-ring (bicyclic) bond motifs is 4. The number of phenolic OH excluding ortho intramolecular Hbond substituents is 1. The van der Waals surface area contributed by atoms with E-state index in [1.165, 1.54) is 4.90 Å². The van der Waals surface area contributed by atoms with Gasteiger partial charge in [0.1, 0.15) is 17.8 Å². The van der Waals surface area contributed by atoms with Crippen molar-refractivity contribution in [2.75, 3.05) is 6.54 Å². The maximum absolute atomic E-state index is 13.5. The van der Waals surface area contributed by atoms with Crippen molar-refractivity contribution in [1.29, 1.82) is 0 Å². The summed E-state index contributed by atoms with van der Waals surface area (Å²) >= 11 is 0. The predicted molar refractivity (Wildman–Crippen MR) is 135 cm³/mol. The van der Waals surface area contributed by atoms with Crippen LogP contribution in [0, 0.1) is 0 Å². The van der Waals surface area contributed by atoms with Gasteiger partial charge in [0, 0.05) is 29.6 Å². The van der Waals surface area contributed by atoms with E-state index in [2.05, 4.69) is 42.2 Å². The number of benzene rings is 3. The lowest BCUT2D eigenvalue weighted by Gasteiger charge is -2.36. The Morgan fingerprint density at radius 1 is 0.971 bits per heavy atom. The molecule has 0 bridgehead atoms. The van der Waals surface area contributed by atoms with Crippen molar-refractivity contribution in [3.05, 3.63) is 89.6 Å². The highest BCUT2D eigenvalue weighted by molar-refractivity contribution is 6.06. The molecule has 0 radical (unpaired) electrons. The van der Waals surface area contributed by atoms with E-state index in [0.29, 0.717) is 13.0 Å². The summed E-state index contributed by atoms with van der Waals surface area (Å²) in [6.45, 7) is 2.48. The number of carbonyl (C=O) groups excluding carboxylic acids is 2. The molecule has 6 heteroatoms. The van der Waals surface area contributed by atoms with Gasteiger partial charge in [0.05, 0.1) is 0 Å². The third-order valence-electron chi connectivity index (χ3n) is 7.26. The molecular formula is C29H27N3O3. The molecule has 3 heterocycles. The number of unbranched alkanes of at least 4 members (excludes halogenated alkanes) is 1. The first-order valence-electron chi connectivity index (χ1n) is 12.2. The number of rotatable bonds is 5. The average Bonchev–Trinajstić information content (AvgIpc) is 3.36. The average molecular weight is 466 g/mol. The summed E-state index contributed by atoms with van der Waals surface area (Å²) < 4.78 is 0. The molecule has 176 valence electrons. The maximum Gasteiger partial charge on any atom is 0.328 e. The van der Waals surface area contributed by atoms with Crippen LogP contribution in [-0.4, -0.2) is 44.4 Å². The molecule has 0 spiro atoms. The van der Waals surface area contributed by atoms with Crippen LogP contribution in [-0.2, 0) is 11.2 Å². The van der Waals surface area contributed by atoms with E-state index in [1.54, 1.807) is 23.1 Å². The minimum Gasteiger partial charge on any atom is -0.508 e. The molecule has 2 aliphatic rings. The standard InChI is InChI=1S/C29H27N3O3/c1-2-3-14-31-28(34)25-17-23-22-16-19(18-8-5-4-6-9-18)12-13-24(22)30-26(23)27(32(25)29(31)35)20-10-7-11-21(33)15-20/h4-13,15-16,25,27,30,33H,2-3,14,17H2,1H3. The first-order valence-corrected chi connectivity index (χ1v) is 12.2. The van der Waals surface area contributed by atoms with E-state index in [4.69, 9.17) is 0 Å². The molecule has 2 atom stereocenters. The third-order valence-corrected chi connectivity index (χ3v) is 7.26. The summed E-state index contributed by atoms with van der Waals surface area (Å²) in [7, 11) is 0. The Bertz CT molecular complexity index is 1440. The van der Waals surface area contributed by atoms with Gasteiger partial charge in [-0.15, -0.1) is 0 Å². The topological polar surface area (TPSA) is 76.6 Å². The largest absolute Gasteiger partial charge is 0.508 e. The van der Waals surface area contributed by atoms with Crippen molar-refractivity contribution in [2.24, 2.45) is 0 Å². The number of urea groups is 1. The van der Waals surface area contributed by atoms with Gasteiger partial charge < -0.3 is 10.1 Å². The molecule has 4 aromatic rings. The summed E-state index contributed by atoms with van der Waals surface area (Å²) in [5.41, 5.74) is 5.96. The number of amides is 3. The summed E-state index contributed by atoms with van der Waals surface area (Å²) in [4.78, 5) is 33.7. The van der Waals surface area contributed by atoms with Gasteiger partial charge in [0.2, 0.25) is 0 Å². The fourth-order valence-corrected chi connectivity index (χ4v) is 5.55. The van der Waals surface area contributed by atoms with Crippen molar-refractivity contribution < 1.29 is 14.7 Å². The molecule has 2 unspecified atom stereocenters. The Labute approximate surface area is 203 Å². The number of aromatic nitrogens is 1. The molecule has 6 rings (SSSR count). The van der Waals surface area contributed by atoms with E-state index in [1.807, 2.05) is 24.3 Å². The van der Waals surface area contributed by atoms with Gasteiger partial charge in [-0.3, -0.25) is 14.6 Å². The molecule has 0 saturated carbocycles. The highest BCUT2D eigenvalue weighted by Crippen LogP contribution is 2.45. The SMILES string of the molecule is CCCCN1C(=O)C2Cc3c([nH]c4ccc(-c5ccccc5)cc34)C(c3cccc(O)c3)N2C1=O. The Morgan fingerprint density at radius 3 is 2.57 bits per heavy atom. The summed E-state index contributed by atoms with van der Waals surface area (Å²) in [5, 5.41) is 11.3. The Morgan fingerprint density at radius 2 is 1.80 bits per heavy atom. The van der Waals surface area contributed by atoms with Crippen LogP contribution in [0.4, 0.5) is 4.79 Å². The molecule has 35 heavy (non-hydrogen) atoms. The first kappa shape index (κ1) is 21.5. The fraction of sp³-hybridized carbons (Fsp3) is 0.241. The predicted octanol–water partition coefficient (Wildman–Crippen LogP) is 5.62. The molecule has 3 aromatic carbocycles. The van der Waals surface area contributed by atoms with Crippen LogP contribution in [0.2, 0.25) is 0 Å². The minimum absolute atomic E-state index is 0.132. The maximum atomic E-state index is 13.5. The normalized spacial score (nSPS) is 19.3. The van der Waals surface area contributed by atoms with Gasteiger partial charge in [-0.05, 0) is 52.9 Å². The van der Waals surface area contributed by atoms with Crippen LogP contribution >= 0.6 is 0 Å². The minimum atomic E-state index is -0.557. The van der Waals surface area contributed by atoms with Crippen molar-refractivity contribution in [3.63, 3.8) is 0 Å². The van der Waals surface area contributed by atoms with Crippen molar-refractivity contribution >= 4 is 22.8 Å². The molecule has 6 nitrogen and oxygen atoms in total. The monoisotopic (exact) mass is 465 g/mol. The second-order valence-corrected chi connectivity index (χ2v) is 9.39. The lowest BCUT2D eigenvalue weighted by atomic mass is 9.88. The molecule has 2 aliphatic heterocycles. The van der Waals surface area contributed by atoms with Crippen molar-refractivity contribution in [1.82, 2.24) is 14.8 Å². The van der Waals surface area contributed by atoms with Gasteiger partial charge >= 0.3 is 6.03 Å². The molecule has 1 saturated heterocycles. The smallest absolute Gasteiger partial charge is 0.328 e. The number of imide groups is 1. The Hall–Kier alpha value is -4.06. The van der Waals surface area contributed by atoms with Crippen LogP contribution in [0.3, 0.4) is 0 Å². The quantitative estimate of drug-likeness (QED) is 0.376. The van der Waals surface area contributed by atoms with E-state index < -0.39 is 12.1 Å². The highest BCUT2D eigenvalue weighted by atomic mass is 16.3. The molecule has 1 aromatic heterocycles.